The molecule has 3 rings (SSSR count). The Kier molecular flexibility index (Phi) is 4.18. The predicted molar refractivity (Wildman–Crippen MR) is 86.1 cm³/mol. The van der Waals surface area contributed by atoms with Gasteiger partial charge in [-0.1, -0.05) is 42.5 Å². The number of rotatable bonds is 5. The van der Waals surface area contributed by atoms with E-state index < -0.39 is 10.0 Å². The number of sulfonamides is 1. The molecule has 1 aliphatic rings. The van der Waals surface area contributed by atoms with E-state index in [4.69, 9.17) is 4.74 Å². The van der Waals surface area contributed by atoms with E-state index in [9.17, 15) is 8.42 Å². The maximum absolute atomic E-state index is 11.6. The van der Waals surface area contributed by atoms with E-state index in [0.717, 1.165) is 23.3 Å². The van der Waals surface area contributed by atoms with Crippen molar-refractivity contribution in [3.05, 3.63) is 65.7 Å². The molecule has 22 heavy (non-hydrogen) atoms. The van der Waals surface area contributed by atoms with Crippen molar-refractivity contribution in [1.82, 2.24) is 4.31 Å². The molecule has 0 amide bonds. The lowest BCUT2D eigenvalue weighted by atomic mass is 9.98. The lowest BCUT2D eigenvalue weighted by Crippen LogP contribution is -2.44. The van der Waals surface area contributed by atoms with E-state index in [1.165, 1.54) is 10.6 Å². The highest BCUT2D eigenvalue weighted by atomic mass is 32.2. The predicted octanol–water partition coefficient (Wildman–Crippen LogP) is 2.97. The summed E-state index contributed by atoms with van der Waals surface area (Å²) in [5.74, 6) is 0.790. The van der Waals surface area contributed by atoms with E-state index in [-0.39, 0.29) is 6.04 Å². The normalized spacial score (nSPS) is 18.7. The Morgan fingerprint density at radius 1 is 1.09 bits per heavy atom. The van der Waals surface area contributed by atoms with Gasteiger partial charge in [-0.15, -0.1) is 0 Å². The average molecular weight is 317 g/mol. The van der Waals surface area contributed by atoms with Gasteiger partial charge in [0.1, 0.15) is 12.4 Å². The van der Waals surface area contributed by atoms with Crippen molar-refractivity contribution in [3.8, 4) is 5.75 Å². The van der Waals surface area contributed by atoms with Gasteiger partial charge in [-0.05, 0) is 29.7 Å². The summed E-state index contributed by atoms with van der Waals surface area (Å²) in [5.41, 5.74) is 2.14. The fourth-order valence-corrected chi connectivity index (χ4v) is 3.75. The molecule has 1 heterocycles. The average Bonchev–Trinajstić information content (AvgIpc) is 2.45. The second-order valence-corrected chi connectivity index (χ2v) is 7.46. The van der Waals surface area contributed by atoms with Gasteiger partial charge in [-0.25, -0.2) is 8.42 Å². The van der Waals surface area contributed by atoms with Crippen LogP contribution in [0.3, 0.4) is 0 Å². The molecular weight excluding hydrogens is 298 g/mol. The van der Waals surface area contributed by atoms with Gasteiger partial charge >= 0.3 is 0 Å². The van der Waals surface area contributed by atoms with E-state index in [2.05, 4.69) is 0 Å². The lowest BCUT2D eigenvalue weighted by molar-refractivity contribution is 0.203. The molecule has 0 aromatic heterocycles. The highest BCUT2D eigenvalue weighted by Crippen LogP contribution is 2.35. The SMILES string of the molecule is CS(=O)(=O)N1CCC1c1ccc(OCc2ccccc2)cc1. The van der Waals surface area contributed by atoms with Crippen LogP contribution in [-0.2, 0) is 16.6 Å². The van der Waals surface area contributed by atoms with Gasteiger partial charge in [-0.2, -0.15) is 4.31 Å². The summed E-state index contributed by atoms with van der Waals surface area (Å²) in [7, 11) is -3.12. The highest BCUT2D eigenvalue weighted by molar-refractivity contribution is 7.88. The minimum atomic E-state index is -3.12. The Balaban J connectivity index is 1.63. The molecule has 0 spiro atoms. The van der Waals surface area contributed by atoms with Crippen LogP contribution in [0.2, 0.25) is 0 Å². The Hall–Kier alpha value is -1.85. The Bertz CT molecular complexity index is 726. The van der Waals surface area contributed by atoms with E-state index >= 15 is 0 Å². The molecular formula is C17H19NO3S. The molecule has 116 valence electrons. The molecule has 4 nitrogen and oxygen atoms in total. The lowest BCUT2D eigenvalue weighted by Gasteiger charge is -2.39. The van der Waals surface area contributed by atoms with Gasteiger partial charge in [0.05, 0.1) is 12.3 Å². The fraction of sp³-hybridized carbons (Fsp3) is 0.294. The first kappa shape index (κ1) is 15.1. The maximum Gasteiger partial charge on any atom is 0.211 e. The summed E-state index contributed by atoms with van der Waals surface area (Å²) in [6.45, 7) is 1.13. The first-order chi connectivity index (χ1) is 10.5. The molecule has 1 atom stereocenters. The maximum atomic E-state index is 11.6. The molecule has 1 unspecified atom stereocenters. The van der Waals surface area contributed by atoms with E-state index in [0.29, 0.717) is 13.2 Å². The number of hydrogen-bond donors (Lipinski definition) is 0. The largest absolute Gasteiger partial charge is 0.489 e. The third kappa shape index (κ3) is 3.31. The van der Waals surface area contributed by atoms with Crippen LogP contribution < -0.4 is 4.74 Å². The Labute approximate surface area is 131 Å². The summed E-state index contributed by atoms with van der Waals surface area (Å²) < 4.78 is 30.5. The van der Waals surface area contributed by atoms with Crippen LogP contribution in [0.1, 0.15) is 23.6 Å². The minimum absolute atomic E-state index is 0.0295. The fourth-order valence-electron chi connectivity index (χ4n) is 2.62. The molecule has 2 aromatic carbocycles. The summed E-state index contributed by atoms with van der Waals surface area (Å²) in [6, 6.07) is 17.7. The molecule has 0 saturated carbocycles. The zero-order valence-corrected chi connectivity index (χ0v) is 13.3. The summed E-state index contributed by atoms with van der Waals surface area (Å²) in [6.07, 6.45) is 2.13. The van der Waals surface area contributed by atoms with Gasteiger partial charge in [-0.3, -0.25) is 0 Å². The van der Waals surface area contributed by atoms with Crippen molar-refractivity contribution in [1.29, 1.82) is 0 Å². The van der Waals surface area contributed by atoms with Crippen molar-refractivity contribution in [2.24, 2.45) is 0 Å². The van der Waals surface area contributed by atoms with Gasteiger partial charge in [0.25, 0.3) is 0 Å². The van der Waals surface area contributed by atoms with Gasteiger partial charge in [0.15, 0.2) is 0 Å². The zero-order chi connectivity index (χ0) is 15.6. The molecule has 0 N–H and O–H groups in total. The van der Waals surface area contributed by atoms with Gasteiger partial charge in [0.2, 0.25) is 10.0 Å². The highest BCUT2D eigenvalue weighted by Gasteiger charge is 2.35. The number of hydrogen-bond acceptors (Lipinski definition) is 3. The summed E-state index contributed by atoms with van der Waals surface area (Å²) >= 11 is 0. The Morgan fingerprint density at radius 2 is 1.77 bits per heavy atom. The first-order valence-electron chi connectivity index (χ1n) is 7.27. The number of benzene rings is 2. The van der Waals surface area contributed by atoms with Crippen LogP contribution in [0, 0.1) is 0 Å². The van der Waals surface area contributed by atoms with Gasteiger partial charge in [0, 0.05) is 6.54 Å². The number of nitrogens with zero attached hydrogens (tertiary/aromatic N) is 1. The van der Waals surface area contributed by atoms with Crippen LogP contribution in [0.4, 0.5) is 0 Å². The van der Waals surface area contributed by atoms with Crippen molar-refractivity contribution >= 4 is 10.0 Å². The molecule has 1 fully saturated rings. The van der Waals surface area contributed by atoms with Crippen LogP contribution >= 0.6 is 0 Å². The first-order valence-corrected chi connectivity index (χ1v) is 9.12. The molecule has 5 heteroatoms. The Morgan fingerprint density at radius 3 is 2.32 bits per heavy atom. The van der Waals surface area contributed by atoms with Crippen LogP contribution in [-0.4, -0.2) is 25.5 Å². The standard InChI is InChI=1S/C17H19NO3S/c1-22(19,20)18-12-11-17(18)15-7-9-16(10-8-15)21-13-14-5-3-2-4-6-14/h2-10,17H,11-13H2,1H3. The van der Waals surface area contributed by atoms with Gasteiger partial charge < -0.3 is 4.74 Å². The minimum Gasteiger partial charge on any atom is -0.489 e. The molecule has 1 saturated heterocycles. The summed E-state index contributed by atoms with van der Waals surface area (Å²) in [4.78, 5) is 0. The topological polar surface area (TPSA) is 46.6 Å². The molecule has 0 aliphatic carbocycles. The zero-order valence-electron chi connectivity index (χ0n) is 12.5. The summed E-state index contributed by atoms with van der Waals surface area (Å²) in [5, 5.41) is 0. The third-order valence-electron chi connectivity index (χ3n) is 3.91. The monoisotopic (exact) mass is 317 g/mol. The van der Waals surface area contributed by atoms with Crippen molar-refractivity contribution in [2.45, 2.75) is 19.1 Å². The van der Waals surface area contributed by atoms with E-state index in [1.807, 2.05) is 54.6 Å². The van der Waals surface area contributed by atoms with Crippen molar-refractivity contribution in [3.63, 3.8) is 0 Å². The smallest absolute Gasteiger partial charge is 0.211 e. The van der Waals surface area contributed by atoms with E-state index in [1.54, 1.807) is 0 Å². The van der Waals surface area contributed by atoms with Crippen LogP contribution in [0.15, 0.2) is 54.6 Å². The van der Waals surface area contributed by atoms with Crippen LogP contribution in [0.25, 0.3) is 0 Å². The molecule has 0 bridgehead atoms. The van der Waals surface area contributed by atoms with Crippen molar-refractivity contribution in [2.75, 3.05) is 12.8 Å². The third-order valence-corrected chi connectivity index (χ3v) is 5.20. The second kappa shape index (κ2) is 6.10. The second-order valence-electron chi connectivity index (χ2n) is 5.52. The molecule has 1 aliphatic heterocycles. The molecule has 0 radical (unpaired) electrons. The van der Waals surface area contributed by atoms with Crippen LogP contribution in [0.5, 0.6) is 5.75 Å². The van der Waals surface area contributed by atoms with Crippen molar-refractivity contribution < 1.29 is 13.2 Å². The number of ether oxygens (including phenoxy) is 1. The quantitative estimate of drug-likeness (QED) is 0.852. The molecule has 2 aromatic rings.